The lowest BCUT2D eigenvalue weighted by Gasteiger charge is -2.38. The van der Waals surface area contributed by atoms with Gasteiger partial charge in [0.15, 0.2) is 0 Å². The van der Waals surface area contributed by atoms with Gasteiger partial charge in [0, 0.05) is 16.8 Å². The topological polar surface area (TPSA) is 62.0 Å². The first-order chi connectivity index (χ1) is 14.7. The third kappa shape index (κ3) is 3.94. The number of hydrogen-bond donors (Lipinski definition) is 0. The molecule has 2 fully saturated rings. The Hall–Kier alpha value is -1.71. The SMILES string of the molecule is CC(C#N)C[C@H]1CCc2sc3ncnc(OC4CCC(N5CCCCC5)CC4)c3c21. The fraction of sp³-hybridized carbons (Fsp3) is 0.708. The number of rotatable bonds is 5. The number of nitrogens with zero attached hydrogens (tertiary/aromatic N) is 4. The molecule has 1 unspecified atom stereocenters. The molecule has 1 saturated heterocycles. The average molecular weight is 425 g/mol. The zero-order valence-corrected chi connectivity index (χ0v) is 18.8. The number of hydrogen-bond acceptors (Lipinski definition) is 6. The minimum absolute atomic E-state index is 0.0787. The summed E-state index contributed by atoms with van der Waals surface area (Å²) in [6, 6.07) is 3.16. The molecule has 30 heavy (non-hydrogen) atoms. The summed E-state index contributed by atoms with van der Waals surface area (Å²) in [6.07, 6.45) is 13.9. The first kappa shape index (κ1) is 20.2. The van der Waals surface area contributed by atoms with Crippen molar-refractivity contribution in [1.82, 2.24) is 14.9 Å². The highest BCUT2D eigenvalue weighted by Crippen LogP contribution is 2.48. The van der Waals surface area contributed by atoms with Gasteiger partial charge >= 0.3 is 0 Å². The molecule has 3 heterocycles. The highest BCUT2D eigenvalue weighted by molar-refractivity contribution is 7.19. The van der Waals surface area contributed by atoms with Crippen LogP contribution in [0.2, 0.25) is 0 Å². The monoisotopic (exact) mass is 424 g/mol. The second-order valence-electron chi connectivity index (χ2n) is 9.44. The molecule has 2 atom stereocenters. The zero-order valence-electron chi connectivity index (χ0n) is 18.0. The summed E-state index contributed by atoms with van der Waals surface area (Å²) in [5.74, 6) is 1.30. The predicted octanol–water partition coefficient (Wildman–Crippen LogP) is 5.45. The van der Waals surface area contributed by atoms with Crippen molar-refractivity contribution in [2.75, 3.05) is 13.1 Å². The molecule has 0 spiro atoms. The fourth-order valence-electron chi connectivity index (χ4n) is 5.81. The van der Waals surface area contributed by atoms with Crippen molar-refractivity contribution < 1.29 is 4.74 Å². The van der Waals surface area contributed by atoms with E-state index in [-0.39, 0.29) is 12.0 Å². The quantitative estimate of drug-likeness (QED) is 0.639. The van der Waals surface area contributed by atoms with Gasteiger partial charge in [0.2, 0.25) is 5.88 Å². The van der Waals surface area contributed by atoms with E-state index in [0.717, 1.165) is 54.2 Å². The Balaban J connectivity index is 1.31. The molecule has 2 aromatic rings. The van der Waals surface area contributed by atoms with Gasteiger partial charge in [-0.05, 0) is 89.3 Å². The Morgan fingerprint density at radius 1 is 1.17 bits per heavy atom. The fourth-order valence-corrected chi connectivity index (χ4v) is 7.05. The van der Waals surface area contributed by atoms with Gasteiger partial charge in [0.1, 0.15) is 17.3 Å². The molecule has 0 N–H and O–H groups in total. The summed E-state index contributed by atoms with van der Waals surface area (Å²) in [4.78, 5) is 14.4. The largest absolute Gasteiger partial charge is 0.474 e. The van der Waals surface area contributed by atoms with Gasteiger partial charge in [-0.1, -0.05) is 6.42 Å². The lowest BCUT2D eigenvalue weighted by Crippen LogP contribution is -2.42. The molecule has 0 bridgehead atoms. The van der Waals surface area contributed by atoms with Crippen molar-refractivity contribution in [3.05, 3.63) is 16.8 Å². The summed E-state index contributed by atoms with van der Waals surface area (Å²) in [5, 5.41) is 10.4. The summed E-state index contributed by atoms with van der Waals surface area (Å²) in [6.45, 7) is 4.60. The molecule has 2 aliphatic carbocycles. The average Bonchev–Trinajstić information content (AvgIpc) is 3.35. The van der Waals surface area contributed by atoms with Crippen LogP contribution < -0.4 is 4.74 Å². The summed E-state index contributed by atoms with van der Waals surface area (Å²) >= 11 is 1.80. The number of ether oxygens (including phenoxy) is 1. The van der Waals surface area contributed by atoms with Crippen molar-refractivity contribution in [3.8, 4) is 11.9 Å². The summed E-state index contributed by atoms with van der Waals surface area (Å²) in [7, 11) is 0. The molecule has 1 saturated carbocycles. The van der Waals surface area contributed by atoms with Crippen LogP contribution in [-0.2, 0) is 6.42 Å². The van der Waals surface area contributed by atoms with E-state index < -0.39 is 0 Å². The Morgan fingerprint density at radius 2 is 1.97 bits per heavy atom. The Bertz CT molecular complexity index is 921. The van der Waals surface area contributed by atoms with Crippen molar-refractivity contribution in [1.29, 1.82) is 5.26 Å². The van der Waals surface area contributed by atoms with E-state index in [1.807, 2.05) is 6.92 Å². The summed E-state index contributed by atoms with van der Waals surface area (Å²) in [5.41, 5.74) is 1.38. The van der Waals surface area contributed by atoms with Crippen LogP contribution in [-0.4, -0.2) is 40.1 Å². The number of likely N-dealkylation sites (tertiary alicyclic amines) is 1. The van der Waals surface area contributed by atoms with Crippen molar-refractivity contribution in [3.63, 3.8) is 0 Å². The highest BCUT2D eigenvalue weighted by atomic mass is 32.1. The number of nitriles is 1. The van der Waals surface area contributed by atoms with Crippen molar-refractivity contribution in [2.45, 2.75) is 89.2 Å². The molecule has 5 nitrogen and oxygen atoms in total. The third-order valence-electron chi connectivity index (χ3n) is 7.38. The smallest absolute Gasteiger partial charge is 0.225 e. The summed E-state index contributed by atoms with van der Waals surface area (Å²) < 4.78 is 6.54. The van der Waals surface area contributed by atoms with Crippen molar-refractivity contribution >= 4 is 21.6 Å². The molecule has 1 aliphatic heterocycles. The minimum atomic E-state index is 0.0787. The van der Waals surface area contributed by atoms with E-state index in [1.165, 1.54) is 55.6 Å². The molecule has 5 rings (SSSR count). The Morgan fingerprint density at radius 3 is 2.73 bits per heavy atom. The normalized spacial score (nSPS) is 28.2. The van der Waals surface area contributed by atoms with Crippen LogP contribution >= 0.6 is 11.3 Å². The Labute approximate surface area is 183 Å². The van der Waals surface area contributed by atoms with E-state index in [4.69, 9.17) is 4.74 Å². The third-order valence-corrected chi connectivity index (χ3v) is 8.56. The minimum Gasteiger partial charge on any atom is -0.474 e. The highest BCUT2D eigenvalue weighted by Gasteiger charge is 2.32. The molecule has 0 radical (unpaired) electrons. The van der Waals surface area contributed by atoms with Gasteiger partial charge < -0.3 is 9.64 Å². The van der Waals surface area contributed by atoms with Gasteiger partial charge in [0.25, 0.3) is 0 Å². The molecule has 2 aromatic heterocycles. The van der Waals surface area contributed by atoms with E-state index in [0.29, 0.717) is 5.92 Å². The van der Waals surface area contributed by atoms with Crippen molar-refractivity contribution in [2.24, 2.45) is 5.92 Å². The standard InChI is InChI=1S/C24H32N4OS/c1-16(14-25)13-17-5-10-20-21(17)22-23(26-15-27-24(22)30-20)29-19-8-6-18(7-9-19)28-11-3-2-4-12-28/h15-19H,2-13H2,1H3/t16?,17-,18?,19?/m1/s1. The van der Waals surface area contributed by atoms with Gasteiger partial charge in [-0.3, -0.25) is 0 Å². The van der Waals surface area contributed by atoms with E-state index >= 15 is 0 Å². The van der Waals surface area contributed by atoms with E-state index in [2.05, 4.69) is 20.9 Å². The Kier molecular flexibility index (Phi) is 5.93. The molecule has 160 valence electrons. The first-order valence-electron chi connectivity index (χ1n) is 11.8. The van der Waals surface area contributed by atoms with Crippen LogP contribution in [0.1, 0.15) is 81.1 Å². The number of aromatic nitrogens is 2. The van der Waals surface area contributed by atoms with Crippen LogP contribution in [0.3, 0.4) is 0 Å². The van der Waals surface area contributed by atoms with Crippen LogP contribution in [0.15, 0.2) is 6.33 Å². The number of aryl methyl sites for hydroxylation is 1. The number of fused-ring (bicyclic) bond motifs is 3. The molecule has 0 aromatic carbocycles. The van der Waals surface area contributed by atoms with Gasteiger partial charge in [-0.15, -0.1) is 11.3 Å². The number of piperidine rings is 1. The second-order valence-corrected chi connectivity index (χ2v) is 10.5. The molecule has 0 amide bonds. The van der Waals surface area contributed by atoms with Gasteiger partial charge in [-0.25, -0.2) is 9.97 Å². The maximum Gasteiger partial charge on any atom is 0.225 e. The maximum absolute atomic E-state index is 9.29. The maximum atomic E-state index is 9.29. The molecule has 6 heteroatoms. The first-order valence-corrected chi connectivity index (χ1v) is 12.6. The zero-order chi connectivity index (χ0) is 20.5. The van der Waals surface area contributed by atoms with Crippen LogP contribution in [0.5, 0.6) is 5.88 Å². The molecule has 3 aliphatic rings. The van der Waals surface area contributed by atoms with Crippen LogP contribution in [0, 0.1) is 17.2 Å². The number of thiophene rings is 1. The molecular weight excluding hydrogens is 392 g/mol. The lowest BCUT2D eigenvalue weighted by atomic mass is 9.90. The molecular formula is C24H32N4OS. The van der Waals surface area contributed by atoms with Gasteiger partial charge in [-0.2, -0.15) is 5.26 Å². The predicted molar refractivity (Wildman–Crippen MR) is 120 cm³/mol. The van der Waals surface area contributed by atoms with Gasteiger partial charge in [0.05, 0.1) is 11.5 Å². The van der Waals surface area contributed by atoms with Crippen LogP contribution in [0.4, 0.5) is 0 Å². The van der Waals surface area contributed by atoms with E-state index in [1.54, 1.807) is 17.7 Å². The van der Waals surface area contributed by atoms with Crippen LogP contribution in [0.25, 0.3) is 10.2 Å². The van der Waals surface area contributed by atoms with E-state index in [9.17, 15) is 5.26 Å². The second kappa shape index (κ2) is 8.80. The lowest BCUT2D eigenvalue weighted by molar-refractivity contribution is 0.0756.